The van der Waals surface area contributed by atoms with Crippen LogP contribution in [0.15, 0.2) is 17.0 Å². The van der Waals surface area contributed by atoms with Crippen LogP contribution in [0.4, 0.5) is 5.69 Å². The number of nitrogens with zero attached hydrogens (tertiary/aromatic N) is 2. The third-order valence-corrected chi connectivity index (χ3v) is 5.69. The molecule has 0 spiro atoms. The number of likely N-dealkylation sites (tertiary alicyclic amines) is 1. The molecule has 8 nitrogen and oxygen atoms in total. The summed E-state index contributed by atoms with van der Waals surface area (Å²) in [7, 11) is -4.08. The second-order valence-electron chi connectivity index (χ2n) is 5.57. The topological polar surface area (TPSA) is 110 Å². The maximum Gasteiger partial charge on any atom is 0.275 e. The van der Waals surface area contributed by atoms with Crippen molar-refractivity contribution in [1.82, 2.24) is 9.62 Å². The number of amides is 1. The Morgan fingerprint density at radius 3 is 2.54 bits per heavy atom. The zero-order valence-corrected chi connectivity index (χ0v) is 14.7. The minimum Gasteiger partial charge on any atom is -0.342 e. The monoisotopic (exact) mass is 375 g/mol. The summed E-state index contributed by atoms with van der Waals surface area (Å²) in [6.07, 6.45) is 2.86. The number of nitro groups is 1. The zero-order valence-electron chi connectivity index (χ0n) is 13.1. The summed E-state index contributed by atoms with van der Waals surface area (Å²) < 4.78 is 26.8. The molecule has 1 aromatic carbocycles. The Bertz CT molecular complexity index is 760. The summed E-state index contributed by atoms with van der Waals surface area (Å²) in [6, 6.07) is 2.08. The van der Waals surface area contributed by atoms with E-state index in [1.54, 1.807) is 4.90 Å². The van der Waals surface area contributed by atoms with Gasteiger partial charge in [0.1, 0.15) is 0 Å². The molecule has 10 heteroatoms. The van der Waals surface area contributed by atoms with Gasteiger partial charge in [-0.1, -0.05) is 11.6 Å². The van der Waals surface area contributed by atoms with Gasteiger partial charge in [-0.15, -0.1) is 0 Å². The highest BCUT2D eigenvalue weighted by Gasteiger charge is 2.24. The molecule has 0 bridgehead atoms. The molecule has 1 saturated heterocycles. The average Bonchev–Trinajstić information content (AvgIpc) is 2.55. The standard InChI is InChI=1S/C14H18ClN3O5S/c1-10-12(15)7-11(8-13(10)18(20)21)24(22,23)16-9-14(19)17-5-3-2-4-6-17/h7-8,16H,2-6,9H2,1H3. The number of carbonyl (C=O) groups excluding carboxylic acids is 1. The van der Waals surface area contributed by atoms with Crippen molar-refractivity contribution in [1.29, 1.82) is 0 Å². The van der Waals surface area contributed by atoms with Crippen molar-refractivity contribution in [3.05, 3.63) is 32.8 Å². The van der Waals surface area contributed by atoms with Crippen LogP contribution in [0.3, 0.4) is 0 Å². The molecule has 0 aliphatic carbocycles. The minimum atomic E-state index is -4.08. The molecule has 1 aromatic rings. The molecule has 1 fully saturated rings. The molecule has 1 heterocycles. The predicted molar refractivity (Wildman–Crippen MR) is 88.5 cm³/mol. The van der Waals surface area contributed by atoms with Gasteiger partial charge in [-0.25, -0.2) is 13.1 Å². The fourth-order valence-corrected chi connectivity index (χ4v) is 3.78. The quantitative estimate of drug-likeness (QED) is 0.623. The summed E-state index contributed by atoms with van der Waals surface area (Å²) in [5.41, 5.74) is -0.199. The molecule has 0 saturated carbocycles. The molecule has 132 valence electrons. The number of carbonyl (C=O) groups is 1. The van der Waals surface area contributed by atoms with Gasteiger partial charge in [-0.05, 0) is 32.3 Å². The first-order chi connectivity index (χ1) is 11.2. The van der Waals surface area contributed by atoms with E-state index in [-0.39, 0.29) is 33.6 Å². The minimum absolute atomic E-state index is 0.0214. The maximum absolute atomic E-state index is 12.3. The second kappa shape index (κ2) is 7.45. The van der Waals surface area contributed by atoms with Crippen LogP contribution in [0.25, 0.3) is 0 Å². The van der Waals surface area contributed by atoms with Gasteiger partial charge in [0.25, 0.3) is 5.69 Å². The van der Waals surface area contributed by atoms with Crippen LogP contribution < -0.4 is 4.72 Å². The van der Waals surface area contributed by atoms with Crippen molar-refractivity contribution in [3.63, 3.8) is 0 Å². The lowest BCUT2D eigenvalue weighted by Crippen LogP contribution is -2.42. The summed E-state index contributed by atoms with van der Waals surface area (Å²) in [5, 5.41) is 11.0. The first-order valence-corrected chi connectivity index (χ1v) is 9.30. The van der Waals surface area contributed by atoms with Gasteiger partial charge in [-0.3, -0.25) is 14.9 Å². The lowest BCUT2D eigenvalue weighted by Gasteiger charge is -2.26. The molecule has 0 unspecified atom stereocenters. The highest BCUT2D eigenvalue weighted by atomic mass is 35.5. The van der Waals surface area contributed by atoms with E-state index in [1.165, 1.54) is 6.92 Å². The molecule has 1 aliphatic heterocycles. The van der Waals surface area contributed by atoms with E-state index in [0.717, 1.165) is 31.4 Å². The Labute approximate surface area is 145 Å². The van der Waals surface area contributed by atoms with Gasteiger partial charge < -0.3 is 4.90 Å². The average molecular weight is 376 g/mol. The first kappa shape index (κ1) is 18.6. The maximum atomic E-state index is 12.3. The molecule has 0 aromatic heterocycles. The molecule has 24 heavy (non-hydrogen) atoms. The molecule has 0 atom stereocenters. The van der Waals surface area contributed by atoms with Crippen molar-refractivity contribution in [2.75, 3.05) is 19.6 Å². The Morgan fingerprint density at radius 1 is 1.33 bits per heavy atom. The van der Waals surface area contributed by atoms with Gasteiger partial charge in [0.2, 0.25) is 15.9 Å². The van der Waals surface area contributed by atoms with Gasteiger partial charge in [0.15, 0.2) is 0 Å². The van der Waals surface area contributed by atoms with Gasteiger partial charge in [0, 0.05) is 24.7 Å². The van der Waals surface area contributed by atoms with E-state index >= 15 is 0 Å². The number of piperidine rings is 1. The van der Waals surface area contributed by atoms with Crippen molar-refractivity contribution in [2.45, 2.75) is 31.1 Å². The van der Waals surface area contributed by atoms with Crippen LogP contribution in [0, 0.1) is 17.0 Å². The molecule has 1 amide bonds. The highest BCUT2D eigenvalue weighted by Crippen LogP contribution is 2.29. The van der Waals surface area contributed by atoms with E-state index in [4.69, 9.17) is 11.6 Å². The van der Waals surface area contributed by atoms with Crippen LogP contribution in [0.1, 0.15) is 24.8 Å². The first-order valence-electron chi connectivity index (χ1n) is 7.44. The summed E-state index contributed by atoms with van der Waals surface area (Å²) in [5.74, 6) is -0.314. The Hall–Kier alpha value is -1.71. The van der Waals surface area contributed by atoms with Crippen molar-refractivity contribution in [3.8, 4) is 0 Å². The number of sulfonamides is 1. The third-order valence-electron chi connectivity index (χ3n) is 3.92. The smallest absolute Gasteiger partial charge is 0.275 e. The Morgan fingerprint density at radius 2 is 1.96 bits per heavy atom. The van der Waals surface area contributed by atoms with Crippen LogP contribution >= 0.6 is 11.6 Å². The van der Waals surface area contributed by atoms with Crippen LogP contribution in [0.2, 0.25) is 5.02 Å². The second-order valence-corrected chi connectivity index (χ2v) is 7.75. The van der Waals surface area contributed by atoms with E-state index in [0.29, 0.717) is 13.1 Å². The Balaban J connectivity index is 2.15. The molecule has 2 rings (SSSR count). The van der Waals surface area contributed by atoms with E-state index in [2.05, 4.69) is 4.72 Å². The molecular formula is C14H18ClN3O5S. The molecule has 1 N–H and O–H groups in total. The summed E-state index contributed by atoms with van der Waals surface area (Å²) in [6.45, 7) is 2.27. The van der Waals surface area contributed by atoms with Gasteiger partial charge in [-0.2, -0.15) is 0 Å². The number of rotatable bonds is 5. The normalized spacial score (nSPS) is 15.3. The van der Waals surface area contributed by atoms with Crippen molar-refractivity contribution in [2.24, 2.45) is 0 Å². The number of nitro benzene ring substituents is 1. The van der Waals surface area contributed by atoms with Crippen LogP contribution in [-0.2, 0) is 14.8 Å². The largest absolute Gasteiger partial charge is 0.342 e. The number of nitrogens with one attached hydrogen (secondary N) is 1. The lowest BCUT2D eigenvalue weighted by molar-refractivity contribution is -0.385. The van der Waals surface area contributed by atoms with Gasteiger partial charge in [0.05, 0.1) is 21.4 Å². The third kappa shape index (κ3) is 4.22. The number of hydrogen-bond donors (Lipinski definition) is 1. The molecule has 0 radical (unpaired) electrons. The van der Waals surface area contributed by atoms with Crippen LogP contribution in [0.5, 0.6) is 0 Å². The zero-order chi connectivity index (χ0) is 17.9. The number of halogens is 1. The summed E-state index contributed by atoms with van der Waals surface area (Å²) >= 11 is 5.88. The predicted octanol–water partition coefficient (Wildman–Crippen LogP) is 1.85. The lowest BCUT2D eigenvalue weighted by atomic mass is 10.1. The van der Waals surface area contributed by atoms with E-state index in [1.807, 2.05) is 0 Å². The fourth-order valence-electron chi connectivity index (χ4n) is 2.48. The molecular weight excluding hydrogens is 358 g/mol. The Kier molecular flexibility index (Phi) is 5.79. The number of hydrogen-bond acceptors (Lipinski definition) is 5. The molecule has 1 aliphatic rings. The highest BCUT2D eigenvalue weighted by molar-refractivity contribution is 7.89. The van der Waals surface area contributed by atoms with Crippen LogP contribution in [-0.4, -0.2) is 43.8 Å². The summed E-state index contributed by atoms with van der Waals surface area (Å²) in [4.78, 5) is 23.6. The van der Waals surface area contributed by atoms with E-state index < -0.39 is 14.9 Å². The van der Waals surface area contributed by atoms with Gasteiger partial charge >= 0.3 is 0 Å². The van der Waals surface area contributed by atoms with Crippen molar-refractivity contribution >= 4 is 33.2 Å². The SMILES string of the molecule is Cc1c(Cl)cc(S(=O)(=O)NCC(=O)N2CCCCC2)cc1[N+](=O)[O-]. The fraction of sp³-hybridized carbons (Fsp3) is 0.500. The number of benzene rings is 1. The van der Waals surface area contributed by atoms with E-state index in [9.17, 15) is 23.3 Å². The van der Waals surface area contributed by atoms with Crippen molar-refractivity contribution < 1.29 is 18.1 Å².